The van der Waals surface area contributed by atoms with Gasteiger partial charge in [0.1, 0.15) is 10.8 Å². The Morgan fingerprint density at radius 2 is 1.86 bits per heavy atom. The molecule has 7 heteroatoms. The van der Waals surface area contributed by atoms with Crippen LogP contribution in [0.2, 0.25) is 0 Å². The van der Waals surface area contributed by atoms with Gasteiger partial charge in [-0.05, 0) is 24.3 Å². The third kappa shape index (κ3) is 3.99. The summed E-state index contributed by atoms with van der Waals surface area (Å²) in [5.41, 5.74) is 2.94. The largest absolute Gasteiger partial charge is 0.495 e. The van der Waals surface area contributed by atoms with Crippen molar-refractivity contribution in [3.8, 4) is 16.3 Å². The smallest absolute Gasteiger partial charge is 0.228 e. The quantitative estimate of drug-likeness (QED) is 0.666. The molecule has 28 heavy (non-hydrogen) atoms. The van der Waals surface area contributed by atoms with Crippen molar-refractivity contribution in [2.24, 2.45) is 0 Å². The highest BCUT2D eigenvalue weighted by atomic mass is 32.1. The molecule has 0 aliphatic carbocycles. The number of hydrogen-bond acceptors (Lipinski definition) is 6. The summed E-state index contributed by atoms with van der Waals surface area (Å²) in [6, 6.07) is 11.9. The molecule has 1 amide bonds. The minimum absolute atomic E-state index is 0.131. The maximum atomic E-state index is 12.7. The van der Waals surface area contributed by atoms with Crippen LogP contribution in [0.3, 0.4) is 0 Å². The van der Waals surface area contributed by atoms with Crippen LogP contribution in [-0.4, -0.2) is 54.1 Å². The van der Waals surface area contributed by atoms with Gasteiger partial charge in [-0.15, -0.1) is 11.3 Å². The highest BCUT2D eigenvalue weighted by molar-refractivity contribution is 7.13. The van der Waals surface area contributed by atoms with Crippen molar-refractivity contribution in [2.75, 3.05) is 38.2 Å². The van der Waals surface area contributed by atoms with E-state index in [0.717, 1.165) is 40.8 Å². The predicted molar refractivity (Wildman–Crippen MR) is 111 cm³/mol. The van der Waals surface area contributed by atoms with E-state index >= 15 is 0 Å². The molecule has 144 valence electrons. The van der Waals surface area contributed by atoms with Gasteiger partial charge in [0.2, 0.25) is 5.91 Å². The number of carbonyl (C=O) groups excluding carboxylic acids is 1. The standard InChI is InChI=1S/C21H22N4O2S/c1-27-19-5-3-2-4-18(19)24-10-12-25(13-11-24)20(26)14-17-15-28-21(23-17)16-6-8-22-9-7-16/h2-9,15H,10-14H2,1H3. The summed E-state index contributed by atoms with van der Waals surface area (Å²) in [7, 11) is 1.69. The molecule has 0 N–H and O–H groups in total. The Morgan fingerprint density at radius 3 is 2.61 bits per heavy atom. The van der Waals surface area contributed by atoms with Gasteiger partial charge in [-0.25, -0.2) is 4.98 Å². The first-order chi connectivity index (χ1) is 13.7. The second kappa shape index (κ2) is 8.39. The van der Waals surface area contributed by atoms with E-state index in [1.165, 1.54) is 0 Å². The van der Waals surface area contributed by atoms with E-state index in [0.29, 0.717) is 19.5 Å². The van der Waals surface area contributed by atoms with Crippen molar-refractivity contribution in [3.05, 3.63) is 59.9 Å². The van der Waals surface area contributed by atoms with Crippen LogP contribution in [0.5, 0.6) is 5.75 Å². The number of aromatic nitrogens is 2. The number of thiazole rings is 1. The van der Waals surface area contributed by atoms with Crippen LogP contribution >= 0.6 is 11.3 Å². The molecule has 0 bridgehead atoms. The summed E-state index contributed by atoms with van der Waals surface area (Å²) in [5, 5.41) is 2.89. The fourth-order valence-corrected chi connectivity index (χ4v) is 4.20. The van der Waals surface area contributed by atoms with Crippen molar-refractivity contribution in [1.29, 1.82) is 0 Å². The average Bonchev–Trinajstić information content (AvgIpc) is 3.23. The van der Waals surface area contributed by atoms with Gasteiger partial charge in [-0.1, -0.05) is 12.1 Å². The van der Waals surface area contributed by atoms with Crippen LogP contribution in [0, 0.1) is 0 Å². The molecule has 1 aliphatic heterocycles. The van der Waals surface area contributed by atoms with Crippen molar-refractivity contribution < 1.29 is 9.53 Å². The molecule has 1 aliphatic rings. The highest BCUT2D eigenvalue weighted by Crippen LogP contribution is 2.28. The van der Waals surface area contributed by atoms with Crippen LogP contribution in [0.25, 0.3) is 10.6 Å². The number of carbonyl (C=O) groups is 1. The number of nitrogens with zero attached hydrogens (tertiary/aromatic N) is 4. The van der Waals surface area contributed by atoms with Gasteiger partial charge in [-0.3, -0.25) is 9.78 Å². The summed E-state index contributed by atoms with van der Waals surface area (Å²) in [5.74, 6) is 1.000. The molecule has 0 atom stereocenters. The van der Waals surface area contributed by atoms with Crippen molar-refractivity contribution >= 4 is 22.9 Å². The number of ether oxygens (including phenoxy) is 1. The summed E-state index contributed by atoms with van der Waals surface area (Å²) in [6.45, 7) is 3.01. The maximum Gasteiger partial charge on any atom is 0.228 e. The Kier molecular flexibility index (Phi) is 5.53. The molecule has 3 aromatic rings. The molecule has 0 spiro atoms. The van der Waals surface area contributed by atoms with Gasteiger partial charge >= 0.3 is 0 Å². The number of pyridine rings is 1. The lowest BCUT2D eigenvalue weighted by atomic mass is 10.2. The number of benzene rings is 1. The topological polar surface area (TPSA) is 58.6 Å². The van der Waals surface area contributed by atoms with Gasteiger partial charge < -0.3 is 14.5 Å². The fraction of sp³-hybridized carbons (Fsp3) is 0.286. The molecule has 0 unspecified atom stereocenters. The summed E-state index contributed by atoms with van der Waals surface area (Å²) in [6.07, 6.45) is 3.85. The first kappa shape index (κ1) is 18.4. The SMILES string of the molecule is COc1ccccc1N1CCN(C(=O)Cc2csc(-c3ccncc3)n2)CC1. The summed E-state index contributed by atoms with van der Waals surface area (Å²) in [4.78, 5) is 25.6. The van der Waals surface area contributed by atoms with Gasteiger partial charge in [0.15, 0.2) is 0 Å². The Bertz CT molecular complexity index is 936. The fourth-order valence-electron chi connectivity index (χ4n) is 3.37. The molecular weight excluding hydrogens is 372 g/mol. The monoisotopic (exact) mass is 394 g/mol. The normalized spacial score (nSPS) is 14.2. The molecule has 0 saturated carbocycles. The Morgan fingerprint density at radius 1 is 1.11 bits per heavy atom. The zero-order valence-electron chi connectivity index (χ0n) is 15.7. The third-order valence-corrected chi connectivity index (χ3v) is 5.81. The van der Waals surface area contributed by atoms with E-state index in [1.54, 1.807) is 30.8 Å². The molecule has 6 nitrogen and oxygen atoms in total. The lowest BCUT2D eigenvalue weighted by molar-refractivity contribution is -0.130. The average molecular weight is 395 g/mol. The van der Waals surface area contributed by atoms with E-state index in [2.05, 4.69) is 20.9 Å². The number of para-hydroxylation sites is 2. The predicted octanol–water partition coefficient (Wildman–Crippen LogP) is 3.11. The van der Waals surface area contributed by atoms with E-state index in [-0.39, 0.29) is 5.91 Å². The lowest BCUT2D eigenvalue weighted by Gasteiger charge is -2.36. The van der Waals surface area contributed by atoms with Crippen LogP contribution < -0.4 is 9.64 Å². The number of methoxy groups -OCH3 is 1. The maximum absolute atomic E-state index is 12.7. The zero-order valence-corrected chi connectivity index (χ0v) is 16.6. The van der Waals surface area contributed by atoms with Gasteiger partial charge in [0, 0.05) is 49.5 Å². The third-order valence-electron chi connectivity index (χ3n) is 4.87. The second-order valence-electron chi connectivity index (χ2n) is 6.60. The Labute approximate surface area is 168 Å². The van der Waals surface area contributed by atoms with E-state index in [9.17, 15) is 4.79 Å². The zero-order chi connectivity index (χ0) is 19.3. The molecule has 3 heterocycles. The number of amides is 1. The minimum Gasteiger partial charge on any atom is -0.495 e. The first-order valence-electron chi connectivity index (χ1n) is 9.25. The molecule has 0 radical (unpaired) electrons. The van der Waals surface area contributed by atoms with Crippen LogP contribution in [-0.2, 0) is 11.2 Å². The Balaban J connectivity index is 1.35. The summed E-state index contributed by atoms with van der Waals surface area (Å²) >= 11 is 1.56. The number of anilines is 1. The summed E-state index contributed by atoms with van der Waals surface area (Å²) < 4.78 is 5.46. The first-order valence-corrected chi connectivity index (χ1v) is 10.1. The Hall–Kier alpha value is -2.93. The molecule has 1 aromatic carbocycles. The number of piperazine rings is 1. The molecule has 1 saturated heterocycles. The van der Waals surface area contributed by atoms with Gasteiger partial charge in [-0.2, -0.15) is 0 Å². The van der Waals surface area contributed by atoms with Crippen molar-refractivity contribution in [1.82, 2.24) is 14.9 Å². The molecule has 1 fully saturated rings. The van der Waals surface area contributed by atoms with Gasteiger partial charge in [0.05, 0.1) is 24.9 Å². The van der Waals surface area contributed by atoms with Crippen LogP contribution in [0.15, 0.2) is 54.2 Å². The molecule has 4 rings (SSSR count). The minimum atomic E-state index is 0.131. The number of hydrogen-bond donors (Lipinski definition) is 0. The van der Waals surface area contributed by atoms with E-state index in [4.69, 9.17) is 4.74 Å². The van der Waals surface area contributed by atoms with Crippen LogP contribution in [0.4, 0.5) is 5.69 Å². The van der Waals surface area contributed by atoms with E-state index < -0.39 is 0 Å². The molecular formula is C21H22N4O2S. The number of rotatable bonds is 5. The lowest BCUT2D eigenvalue weighted by Crippen LogP contribution is -2.49. The van der Waals surface area contributed by atoms with Crippen LogP contribution in [0.1, 0.15) is 5.69 Å². The van der Waals surface area contributed by atoms with Gasteiger partial charge in [0.25, 0.3) is 0 Å². The molecule has 2 aromatic heterocycles. The highest BCUT2D eigenvalue weighted by Gasteiger charge is 2.23. The van der Waals surface area contributed by atoms with E-state index in [1.807, 2.05) is 40.6 Å². The van der Waals surface area contributed by atoms with Crippen molar-refractivity contribution in [2.45, 2.75) is 6.42 Å². The van der Waals surface area contributed by atoms with Crippen molar-refractivity contribution in [3.63, 3.8) is 0 Å². The second-order valence-corrected chi connectivity index (χ2v) is 7.45.